The third-order valence-corrected chi connectivity index (χ3v) is 25.3. The first kappa shape index (κ1) is 109. The van der Waals surface area contributed by atoms with Gasteiger partial charge in [0.1, 0.15) is 50.9 Å². The molecular formula is C102H141N9O22. The SMILES string of the molecule is CC(C)(OC(=O)/C=C/c1ccc([N+](=O)[O-])cc1)C1CCNCC1.CC(C)(OC(=O)/C=C/c1cccc([N+](=O)[O-])c1)C1CCNCC1.CC(C)(OC(=O)/C=C/c1ccccc1[N+](=O)[O-])C1CCNCC1.COc1ccc(C(=O)OC(C)(C)C2CCNCC2)cc1C.COc1ccc(C(O)C(=O)OC(C)(C)C2CCNCC2)cc1.Cc1ccc(OCC(=O)OC(C)(C)C2CCNCC2)cc1. The highest BCUT2D eigenvalue weighted by atomic mass is 16.6. The first-order valence-corrected chi connectivity index (χ1v) is 46.1. The van der Waals surface area contributed by atoms with E-state index >= 15 is 0 Å². The lowest BCUT2D eigenvalue weighted by molar-refractivity contribution is -0.385. The lowest BCUT2D eigenvalue weighted by Crippen LogP contribution is -2.43. The summed E-state index contributed by atoms with van der Waals surface area (Å²) in [5.41, 5.74) is 1.84. The number of benzene rings is 6. The van der Waals surface area contributed by atoms with E-state index in [2.05, 4.69) is 31.9 Å². The van der Waals surface area contributed by atoms with Crippen LogP contribution in [0.4, 0.5) is 17.1 Å². The molecule has 133 heavy (non-hydrogen) atoms. The molecule has 0 aromatic heterocycles. The van der Waals surface area contributed by atoms with Gasteiger partial charge in [-0.25, -0.2) is 28.8 Å². The first-order chi connectivity index (χ1) is 63.0. The number of aryl methyl sites for hydroxylation is 2. The number of ether oxygens (including phenoxy) is 9. The number of methoxy groups -OCH3 is 2. The number of nitrogens with zero attached hydrogens (tertiary/aromatic N) is 3. The van der Waals surface area contributed by atoms with Crippen molar-refractivity contribution in [2.75, 3.05) is 99.4 Å². The van der Waals surface area contributed by atoms with Crippen LogP contribution in [-0.4, -0.2) is 189 Å². The fraction of sp³-hybridized carbons (Fsp3) is 0.529. The highest BCUT2D eigenvalue weighted by molar-refractivity contribution is 5.91. The Morgan fingerprint density at radius 1 is 0.398 bits per heavy atom. The molecule has 31 heteroatoms. The Balaban J connectivity index is 0.000000218. The highest BCUT2D eigenvalue weighted by Gasteiger charge is 2.41. The number of non-ortho nitro benzene ring substituents is 2. The molecule has 12 rings (SSSR count). The number of aliphatic hydroxyl groups is 1. The van der Waals surface area contributed by atoms with Crippen LogP contribution in [-0.2, 0) is 52.4 Å². The van der Waals surface area contributed by atoms with E-state index in [9.17, 15) is 64.2 Å². The average molecular weight is 1850 g/mol. The molecule has 1 unspecified atom stereocenters. The van der Waals surface area contributed by atoms with Gasteiger partial charge in [0.15, 0.2) is 12.7 Å². The average Bonchev–Trinajstić information content (AvgIpc) is 0.900. The molecule has 0 aliphatic carbocycles. The summed E-state index contributed by atoms with van der Waals surface area (Å²) in [5, 5.41) is 62.3. The number of carbonyl (C=O) groups is 6. The van der Waals surface area contributed by atoms with Crippen LogP contribution in [0.1, 0.15) is 210 Å². The molecule has 6 fully saturated rings. The largest absolute Gasteiger partial charge is 0.497 e. The number of hydrogen-bond acceptors (Lipinski definition) is 28. The van der Waals surface area contributed by atoms with E-state index in [1.165, 1.54) is 60.7 Å². The maximum atomic E-state index is 12.4. The topological polar surface area (TPSA) is 407 Å². The Bertz CT molecular complexity index is 4800. The number of nitro groups is 3. The Labute approximate surface area is 783 Å². The minimum atomic E-state index is -1.27. The number of esters is 6. The van der Waals surface area contributed by atoms with Gasteiger partial charge in [-0.05, 0) is 354 Å². The van der Waals surface area contributed by atoms with Gasteiger partial charge in [-0.2, -0.15) is 0 Å². The normalized spacial score (nSPS) is 16.7. The predicted molar refractivity (Wildman–Crippen MR) is 513 cm³/mol. The molecule has 6 aliphatic rings. The molecule has 1 atom stereocenters. The maximum Gasteiger partial charge on any atom is 0.344 e. The quantitative estimate of drug-likeness (QED) is 0.00754. The highest BCUT2D eigenvalue weighted by Crippen LogP contribution is 2.37. The van der Waals surface area contributed by atoms with Crippen molar-refractivity contribution in [2.24, 2.45) is 35.5 Å². The Morgan fingerprint density at radius 3 is 1.18 bits per heavy atom. The lowest BCUT2D eigenvalue weighted by Gasteiger charge is -2.37. The molecular weight excluding hydrogens is 1700 g/mol. The predicted octanol–water partition coefficient (Wildman–Crippen LogP) is 16.5. The second-order valence-electron chi connectivity index (χ2n) is 37.3. The number of piperidine rings is 6. The summed E-state index contributed by atoms with van der Waals surface area (Å²) in [4.78, 5) is 104. The zero-order valence-electron chi connectivity index (χ0n) is 80.3. The maximum absolute atomic E-state index is 12.4. The number of carbonyl (C=O) groups excluding carboxylic acids is 6. The molecule has 6 aromatic rings. The summed E-state index contributed by atoms with van der Waals surface area (Å²) in [6, 6.07) is 38.2. The summed E-state index contributed by atoms with van der Waals surface area (Å²) in [6.45, 7) is 38.8. The summed E-state index contributed by atoms with van der Waals surface area (Å²) in [6.07, 6.45) is 19.2. The molecule has 0 saturated carbocycles. The lowest BCUT2D eigenvalue weighted by atomic mass is 9.83. The van der Waals surface area contributed by atoms with Gasteiger partial charge in [-0.15, -0.1) is 0 Å². The molecule has 7 N–H and O–H groups in total. The third-order valence-electron chi connectivity index (χ3n) is 25.3. The Kier molecular flexibility index (Phi) is 43.3. The van der Waals surface area contributed by atoms with Crippen LogP contribution < -0.4 is 46.1 Å². The van der Waals surface area contributed by atoms with Crippen molar-refractivity contribution in [1.29, 1.82) is 0 Å². The second-order valence-corrected chi connectivity index (χ2v) is 37.3. The van der Waals surface area contributed by atoms with E-state index in [0.29, 0.717) is 74.8 Å². The zero-order valence-corrected chi connectivity index (χ0v) is 80.3. The standard InChI is InChI=1S/3C17H22N2O4.C17H25NO4.2C17H25NO3/c1-17(2,14-9-11-18-12-10-14)23-16(20)8-5-13-3-6-15(7-4-13)19(21)22;1-17(2,14-8-10-18-11-9-14)23-16(20)7-6-13-4-3-5-15(12-13)19(21)22;1-17(2,14-9-11-18-12-10-14)23-16(20)8-7-13-5-3-4-6-15(13)19(21)22;1-17(2,13-8-10-18-11-9-13)22-16(20)15(19)12-4-6-14(21-3)7-5-12;1-12-11-13(5-6-15(12)20-4)16(19)21-17(2,3)14-7-9-18-10-8-14;1-13-4-6-15(7-5-13)20-12-16(19)21-17(2,3)14-8-10-18-11-9-14/h3-8,14,18H,9-12H2,1-2H3;3-7,12,14,18H,8-11H2,1-2H3;3-8,14,18H,9-12H2,1-2H3;4-7,13,15,18-19H,8-11H2,1-3H3;5-6,11,14,18H,7-10H2,1-4H3;4-7,14,18H,8-12H2,1-3H3/b8-5+;7-6+;8-7+;;;. The first-order valence-electron chi connectivity index (χ1n) is 46.1. The van der Waals surface area contributed by atoms with Crippen molar-refractivity contribution in [3.63, 3.8) is 0 Å². The Morgan fingerprint density at radius 2 is 0.782 bits per heavy atom. The van der Waals surface area contributed by atoms with Gasteiger partial charge in [0.05, 0.1) is 40.1 Å². The van der Waals surface area contributed by atoms with E-state index in [1.807, 2.05) is 133 Å². The molecule has 31 nitrogen and oxygen atoms in total. The molecule has 726 valence electrons. The monoisotopic (exact) mass is 1840 g/mol. The minimum absolute atomic E-state index is 0.00412. The van der Waals surface area contributed by atoms with Gasteiger partial charge in [0.25, 0.3) is 17.1 Å². The van der Waals surface area contributed by atoms with Crippen LogP contribution in [0.15, 0.2) is 158 Å². The van der Waals surface area contributed by atoms with Crippen LogP contribution in [0.3, 0.4) is 0 Å². The molecule has 0 spiro atoms. The number of rotatable bonds is 29. The smallest absolute Gasteiger partial charge is 0.344 e. The van der Waals surface area contributed by atoms with Crippen LogP contribution in [0.2, 0.25) is 0 Å². The third kappa shape index (κ3) is 36.9. The number of nitrogens with one attached hydrogen (secondary N) is 6. The van der Waals surface area contributed by atoms with Crippen molar-refractivity contribution in [3.8, 4) is 17.2 Å². The van der Waals surface area contributed by atoms with Gasteiger partial charge in [-0.3, -0.25) is 30.3 Å². The Hall–Kier alpha value is -11.3. The van der Waals surface area contributed by atoms with E-state index in [1.54, 1.807) is 93.1 Å². The molecule has 0 amide bonds. The summed E-state index contributed by atoms with van der Waals surface area (Å²) >= 11 is 0. The molecule has 6 saturated heterocycles. The molecule has 6 aliphatic heterocycles. The fourth-order valence-electron chi connectivity index (χ4n) is 16.9. The van der Waals surface area contributed by atoms with E-state index in [-0.39, 0.29) is 35.6 Å². The van der Waals surface area contributed by atoms with Crippen LogP contribution in [0.5, 0.6) is 17.2 Å². The van der Waals surface area contributed by atoms with Gasteiger partial charge >= 0.3 is 35.8 Å². The molecule has 6 heterocycles. The molecule has 0 radical (unpaired) electrons. The summed E-state index contributed by atoms with van der Waals surface area (Å²) in [5.74, 6) is 1.79. The number of para-hydroxylation sites is 1. The van der Waals surface area contributed by atoms with Crippen molar-refractivity contribution < 1.29 is 91.3 Å². The van der Waals surface area contributed by atoms with E-state index < -0.39 is 78.4 Å². The number of nitro benzene ring substituents is 3. The summed E-state index contributed by atoms with van der Waals surface area (Å²) < 4.78 is 49.5. The van der Waals surface area contributed by atoms with E-state index in [4.69, 9.17) is 42.6 Å². The van der Waals surface area contributed by atoms with Crippen molar-refractivity contribution in [1.82, 2.24) is 31.9 Å². The van der Waals surface area contributed by atoms with Gasteiger partial charge < -0.3 is 79.6 Å². The van der Waals surface area contributed by atoms with Crippen molar-refractivity contribution in [3.05, 3.63) is 227 Å². The van der Waals surface area contributed by atoms with Gasteiger partial charge in [0, 0.05) is 84.1 Å². The zero-order chi connectivity index (χ0) is 97.5. The van der Waals surface area contributed by atoms with Crippen LogP contribution in [0, 0.1) is 79.7 Å². The molecule has 6 aromatic carbocycles. The number of aliphatic hydroxyl groups excluding tert-OH is 1. The molecule has 0 bridgehead atoms. The van der Waals surface area contributed by atoms with Crippen molar-refractivity contribution in [2.45, 2.75) is 214 Å². The second kappa shape index (κ2) is 52.9. The van der Waals surface area contributed by atoms with Crippen molar-refractivity contribution >= 4 is 71.1 Å². The van der Waals surface area contributed by atoms with Gasteiger partial charge in [0.2, 0.25) is 0 Å². The van der Waals surface area contributed by atoms with E-state index in [0.717, 1.165) is 172 Å². The van der Waals surface area contributed by atoms with Gasteiger partial charge in [-0.1, -0.05) is 54.1 Å². The van der Waals surface area contributed by atoms with Crippen LogP contribution >= 0.6 is 0 Å². The minimum Gasteiger partial charge on any atom is -0.497 e. The fourth-order valence-corrected chi connectivity index (χ4v) is 16.9. The number of hydrogen-bond donors (Lipinski definition) is 7. The van der Waals surface area contributed by atoms with Crippen LogP contribution in [0.25, 0.3) is 18.2 Å². The summed E-state index contributed by atoms with van der Waals surface area (Å²) in [7, 11) is 3.20.